The summed E-state index contributed by atoms with van der Waals surface area (Å²) in [6, 6.07) is 21.3. The van der Waals surface area contributed by atoms with Gasteiger partial charge in [-0.05, 0) is 41.1 Å². The van der Waals surface area contributed by atoms with Gasteiger partial charge >= 0.3 is 0 Å². The topological polar surface area (TPSA) is 77.2 Å². The Balaban J connectivity index is 1.28. The van der Waals surface area contributed by atoms with E-state index in [1.165, 1.54) is 11.8 Å². The van der Waals surface area contributed by atoms with E-state index in [0.29, 0.717) is 11.1 Å². The first kappa shape index (κ1) is 19.5. The van der Waals surface area contributed by atoms with Gasteiger partial charge in [0, 0.05) is 10.2 Å². The summed E-state index contributed by atoms with van der Waals surface area (Å²) < 4.78 is 12.2. The van der Waals surface area contributed by atoms with Gasteiger partial charge in [-0.15, -0.1) is 10.2 Å². The van der Waals surface area contributed by atoms with Gasteiger partial charge in [0.15, 0.2) is 6.61 Å². The highest BCUT2D eigenvalue weighted by atomic mass is 79.9. The number of fused-ring (bicyclic) bond motifs is 1. The maximum absolute atomic E-state index is 12.1. The maximum Gasteiger partial charge on any atom is 0.277 e. The number of nitrogens with one attached hydrogen (secondary N) is 1. The van der Waals surface area contributed by atoms with Crippen LogP contribution in [0.1, 0.15) is 5.89 Å². The van der Waals surface area contributed by atoms with Crippen LogP contribution in [0.25, 0.3) is 10.8 Å². The summed E-state index contributed by atoms with van der Waals surface area (Å²) in [6.45, 7) is 0.163. The number of benzene rings is 3. The first-order chi connectivity index (χ1) is 14.2. The monoisotopic (exact) mass is 469 g/mol. The van der Waals surface area contributed by atoms with Gasteiger partial charge in [-0.25, -0.2) is 0 Å². The highest BCUT2D eigenvalue weighted by Crippen LogP contribution is 2.22. The van der Waals surface area contributed by atoms with E-state index in [9.17, 15) is 4.79 Å². The minimum absolute atomic E-state index is 0.153. The molecule has 0 unspecified atom stereocenters. The molecule has 8 heteroatoms. The quantitative estimate of drug-likeness (QED) is 0.370. The van der Waals surface area contributed by atoms with Crippen molar-refractivity contribution in [2.24, 2.45) is 0 Å². The lowest BCUT2D eigenvalue weighted by atomic mass is 10.1. The number of halogens is 1. The van der Waals surface area contributed by atoms with E-state index in [4.69, 9.17) is 9.15 Å². The van der Waals surface area contributed by atoms with Crippen molar-refractivity contribution in [3.8, 4) is 5.75 Å². The Morgan fingerprint density at radius 2 is 1.90 bits per heavy atom. The van der Waals surface area contributed by atoms with Crippen LogP contribution < -0.4 is 10.1 Å². The van der Waals surface area contributed by atoms with Crippen LogP contribution >= 0.6 is 27.7 Å². The van der Waals surface area contributed by atoms with E-state index in [1.54, 1.807) is 0 Å². The lowest BCUT2D eigenvalue weighted by Crippen LogP contribution is -2.13. The van der Waals surface area contributed by atoms with Crippen LogP contribution in [0.4, 0.5) is 5.69 Å². The molecule has 4 aromatic rings. The normalized spacial score (nSPS) is 10.8. The summed E-state index contributed by atoms with van der Waals surface area (Å²) in [5, 5.41) is 13.3. The van der Waals surface area contributed by atoms with Crippen molar-refractivity contribution >= 4 is 50.1 Å². The van der Waals surface area contributed by atoms with Crippen LogP contribution in [-0.2, 0) is 11.4 Å². The SMILES string of the molecule is O=C(CSc1nnc(COc2ccc3ccccc3c2)o1)Nc1cccc(Br)c1. The molecule has 0 atom stereocenters. The van der Waals surface area contributed by atoms with Gasteiger partial charge in [-0.1, -0.05) is 64.1 Å². The third kappa shape index (κ3) is 5.36. The van der Waals surface area contributed by atoms with Crippen molar-refractivity contribution < 1.29 is 13.9 Å². The summed E-state index contributed by atoms with van der Waals surface area (Å²) >= 11 is 4.55. The molecule has 0 fully saturated rings. The number of thioether (sulfide) groups is 1. The molecule has 1 heterocycles. The number of hydrogen-bond donors (Lipinski definition) is 1. The minimum Gasteiger partial charge on any atom is -0.484 e. The van der Waals surface area contributed by atoms with E-state index in [2.05, 4.69) is 31.4 Å². The molecular weight excluding hydrogens is 454 g/mol. The van der Waals surface area contributed by atoms with E-state index in [1.807, 2.05) is 66.7 Å². The second-order valence-corrected chi connectivity index (χ2v) is 7.95. The number of ether oxygens (including phenoxy) is 1. The average molecular weight is 470 g/mol. The predicted octanol–water partition coefficient (Wildman–Crippen LogP) is 5.30. The fraction of sp³-hybridized carbons (Fsp3) is 0.0952. The third-order valence-corrected chi connectivity index (χ3v) is 5.28. The van der Waals surface area contributed by atoms with Crippen LogP contribution in [0.3, 0.4) is 0 Å². The van der Waals surface area contributed by atoms with Crippen molar-refractivity contribution in [2.45, 2.75) is 11.8 Å². The smallest absolute Gasteiger partial charge is 0.277 e. The number of amides is 1. The molecule has 1 N–H and O–H groups in total. The first-order valence-electron chi connectivity index (χ1n) is 8.78. The molecule has 4 rings (SSSR count). The number of carbonyl (C=O) groups is 1. The number of rotatable bonds is 7. The second-order valence-electron chi connectivity index (χ2n) is 6.11. The van der Waals surface area contributed by atoms with Crippen molar-refractivity contribution in [3.05, 3.63) is 77.1 Å². The lowest BCUT2D eigenvalue weighted by Gasteiger charge is -2.05. The van der Waals surface area contributed by atoms with Crippen LogP contribution in [-0.4, -0.2) is 21.9 Å². The Morgan fingerprint density at radius 3 is 2.76 bits per heavy atom. The summed E-state index contributed by atoms with van der Waals surface area (Å²) in [7, 11) is 0. The molecule has 29 heavy (non-hydrogen) atoms. The number of hydrogen-bond acceptors (Lipinski definition) is 6. The molecule has 6 nitrogen and oxygen atoms in total. The van der Waals surface area contributed by atoms with Gasteiger partial charge in [0.1, 0.15) is 5.75 Å². The second kappa shape index (κ2) is 9.11. The van der Waals surface area contributed by atoms with Gasteiger partial charge in [0.2, 0.25) is 5.91 Å². The zero-order chi connectivity index (χ0) is 20.1. The molecule has 0 aliphatic rings. The van der Waals surface area contributed by atoms with Gasteiger partial charge in [0.25, 0.3) is 11.1 Å². The van der Waals surface area contributed by atoms with E-state index in [0.717, 1.165) is 26.7 Å². The summed E-state index contributed by atoms with van der Waals surface area (Å²) in [5.74, 6) is 1.09. The Bertz CT molecular complexity index is 1150. The molecule has 0 radical (unpaired) electrons. The van der Waals surface area contributed by atoms with Gasteiger partial charge in [0.05, 0.1) is 5.75 Å². The molecule has 1 aromatic heterocycles. The van der Waals surface area contributed by atoms with Crippen LogP contribution in [0.15, 0.2) is 80.8 Å². The molecular formula is C21H16BrN3O3S. The largest absolute Gasteiger partial charge is 0.484 e. The van der Waals surface area contributed by atoms with Gasteiger partial charge < -0.3 is 14.5 Å². The molecule has 3 aromatic carbocycles. The van der Waals surface area contributed by atoms with Crippen molar-refractivity contribution in [2.75, 3.05) is 11.1 Å². The van der Waals surface area contributed by atoms with E-state index >= 15 is 0 Å². The Kier molecular flexibility index (Phi) is 6.12. The number of anilines is 1. The maximum atomic E-state index is 12.1. The van der Waals surface area contributed by atoms with Crippen LogP contribution in [0.2, 0.25) is 0 Å². The predicted molar refractivity (Wildman–Crippen MR) is 116 cm³/mol. The molecule has 0 aliphatic heterocycles. The number of aromatic nitrogens is 2. The zero-order valence-corrected chi connectivity index (χ0v) is 17.6. The number of carbonyl (C=O) groups excluding carboxylic acids is 1. The van der Waals surface area contributed by atoms with Crippen molar-refractivity contribution in [1.82, 2.24) is 10.2 Å². The molecule has 0 saturated heterocycles. The highest BCUT2D eigenvalue weighted by molar-refractivity contribution is 9.10. The fourth-order valence-corrected chi connectivity index (χ4v) is 3.63. The third-order valence-electron chi connectivity index (χ3n) is 3.97. The molecule has 0 bridgehead atoms. The Morgan fingerprint density at radius 1 is 1.03 bits per heavy atom. The molecule has 0 spiro atoms. The summed E-state index contributed by atoms with van der Waals surface area (Å²) in [5.41, 5.74) is 0.722. The fourth-order valence-electron chi connectivity index (χ4n) is 2.65. The average Bonchev–Trinajstić information content (AvgIpc) is 3.18. The summed E-state index contributed by atoms with van der Waals surface area (Å²) in [6.07, 6.45) is 0. The standard InChI is InChI=1S/C21H16BrN3O3S/c22-16-6-3-7-17(11-16)23-19(26)13-29-21-25-24-20(28-21)12-27-18-9-8-14-4-1-2-5-15(14)10-18/h1-11H,12-13H2,(H,23,26). The zero-order valence-electron chi connectivity index (χ0n) is 15.2. The summed E-state index contributed by atoms with van der Waals surface area (Å²) in [4.78, 5) is 12.1. The minimum atomic E-state index is -0.153. The van der Waals surface area contributed by atoms with Crippen molar-refractivity contribution in [3.63, 3.8) is 0 Å². The van der Waals surface area contributed by atoms with Crippen molar-refractivity contribution in [1.29, 1.82) is 0 Å². The first-order valence-corrected chi connectivity index (χ1v) is 10.6. The van der Waals surface area contributed by atoms with Crippen LogP contribution in [0.5, 0.6) is 5.75 Å². The Hall–Kier alpha value is -2.84. The molecule has 0 saturated carbocycles. The van der Waals surface area contributed by atoms with E-state index in [-0.39, 0.29) is 18.3 Å². The number of nitrogens with zero attached hydrogens (tertiary/aromatic N) is 2. The lowest BCUT2D eigenvalue weighted by molar-refractivity contribution is -0.113. The van der Waals surface area contributed by atoms with Crippen LogP contribution in [0, 0.1) is 0 Å². The van der Waals surface area contributed by atoms with Gasteiger partial charge in [-0.3, -0.25) is 4.79 Å². The molecule has 1 amide bonds. The van der Waals surface area contributed by atoms with E-state index < -0.39 is 0 Å². The molecule has 0 aliphatic carbocycles. The highest BCUT2D eigenvalue weighted by Gasteiger charge is 2.11. The Labute approximate surface area is 179 Å². The van der Waals surface area contributed by atoms with Gasteiger partial charge in [-0.2, -0.15) is 0 Å². The molecule has 146 valence electrons.